The maximum Gasteiger partial charge on any atom is 0.115 e. The highest BCUT2D eigenvalue weighted by molar-refractivity contribution is 5.53. The molecule has 0 bridgehead atoms. The molecule has 0 aliphatic rings. The van der Waals surface area contributed by atoms with Gasteiger partial charge in [0.25, 0.3) is 0 Å². The molecule has 4 nitrogen and oxygen atoms in total. The molecular weight excluding hydrogens is 202 g/mol. The molecule has 0 radical (unpaired) electrons. The first-order chi connectivity index (χ1) is 7.66. The van der Waals surface area contributed by atoms with Crippen LogP contribution < -0.4 is 5.32 Å². The summed E-state index contributed by atoms with van der Waals surface area (Å²) in [6, 6.07) is 5.29. The second-order valence-corrected chi connectivity index (χ2v) is 3.87. The van der Waals surface area contributed by atoms with Crippen molar-refractivity contribution in [2.45, 2.75) is 20.4 Å². The van der Waals surface area contributed by atoms with E-state index in [-0.39, 0.29) is 0 Å². The van der Waals surface area contributed by atoms with E-state index in [9.17, 15) is 5.11 Å². The molecule has 1 heterocycles. The molecule has 1 aromatic heterocycles. The third kappa shape index (κ3) is 2.16. The lowest BCUT2D eigenvalue weighted by Crippen LogP contribution is -2.01. The van der Waals surface area contributed by atoms with E-state index >= 15 is 0 Å². The number of aromatic amines is 1. The first-order valence-corrected chi connectivity index (χ1v) is 5.19. The van der Waals surface area contributed by atoms with Crippen molar-refractivity contribution in [2.75, 3.05) is 5.32 Å². The van der Waals surface area contributed by atoms with Crippen molar-refractivity contribution in [3.8, 4) is 5.75 Å². The van der Waals surface area contributed by atoms with Gasteiger partial charge in [0.2, 0.25) is 0 Å². The Morgan fingerprint density at radius 1 is 1.38 bits per heavy atom. The van der Waals surface area contributed by atoms with Crippen LogP contribution in [0.4, 0.5) is 5.69 Å². The summed E-state index contributed by atoms with van der Waals surface area (Å²) in [5.41, 5.74) is 4.27. The molecule has 16 heavy (non-hydrogen) atoms. The van der Waals surface area contributed by atoms with Crippen LogP contribution in [0.5, 0.6) is 5.75 Å². The molecule has 0 aliphatic heterocycles. The van der Waals surface area contributed by atoms with Crippen LogP contribution in [-0.2, 0) is 6.54 Å². The Morgan fingerprint density at radius 2 is 2.19 bits per heavy atom. The van der Waals surface area contributed by atoms with Crippen molar-refractivity contribution in [3.05, 3.63) is 41.2 Å². The SMILES string of the molecule is Cc1cc(O)ccc1NCc1cn[nH]c1C. The number of aryl methyl sites for hydroxylation is 2. The van der Waals surface area contributed by atoms with Crippen LogP contribution in [0.15, 0.2) is 24.4 Å². The van der Waals surface area contributed by atoms with Gasteiger partial charge in [-0.25, -0.2) is 0 Å². The number of hydrogen-bond acceptors (Lipinski definition) is 3. The fourth-order valence-electron chi connectivity index (χ4n) is 1.59. The smallest absolute Gasteiger partial charge is 0.115 e. The van der Waals surface area contributed by atoms with Crippen LogP contribution in [-0.4, -0.2) is 15.3 Å². The molecule has 0 amide bonds. The van der Waals surface area contributed by atoms with Gasteiger partial charge in [-0.1, -0.05) is 0 Å². The molecule has 4 heteroatoms. The van der Waals surface area contributed by atoms with E-state index in [0.717, 1.165) is 29.1 Å². The summed E-state index contributed by atoms with van der Waals surface area (Å²) in [5, 5.41) is 19.5. The lowest BCUT2D eigenvalue weighted by molar-refractivity contribution is 0.475. The molecule has 2 rings (SSSR count). The number of phenols is 1. The van der Waals surface area contributed by atoms with Crippen molar-refractivity contribution in [2.24, 2.45) is 0 Å². The molecule has 0 spiro atoms. The van der Waals surface area contributed by atoms with Crippen LogP contribution in [0, 0.1) is 13.8 Å². The quantitative estimate of drug-likeness (QED) is 0.691. The van der Waals surface area contributed by atoms with E-state index in [1.807, 2.05) is 26.1 Å². The fraction of sp³-hybridized carbons (Fsp3) is 0.250. The van der Waals surface area contributed by atoms with Crippen molar-refractivity contribution in [3.63, 3.8) is 0 Å². The average molecular weight is 217 g/mol. The third-order valence-electron chi connectivity index (χ3n) is 2.61. The molecule has 0 atom stereocenters. The van der Waals surface area contributed by atoms with E-state index in [2.05, 4.69) is 15.5 Å². The van der Waals surface area contributed by atoms with Gasteiger partial charge in [0, 0.05) is 23.5 Å². The van der Waals surface area contributed by atoms with Crippen LogP contribution >= 0.6 is 0 Å². The number of nitrogens with zero attached hydrogens (tertiary/aromatic N) is 1. The zero-order valence-corrected chi connectivity index (χ0v) is 9.41. The van der Waals surface area contributed by atoms with Crippen LogP contribution in [0.3, 0.4) is 0 Å². The first kappa shape index (κ1) is 10.5. The molecule has 2 aromatic rings. The van der Waals surface area contributed by atoms with Gasteiger partial charge < -0.3 is 10.4 Å². The van der Waals surface area contributed by atoms with E-state index in [4.69, 9.17) is 0 Å². The molecule has 0 aliphatic carbocycles. The third-order valence-corrected chi connectivity index (χ3v) is 2.61. The highest BCUT2D eigenvalue weighted by Crippen LogP contribution is 2.20. The highest BCUT2D eigenvalue weighted by atomic mass is 16.3. The van der Waals surface area contributed by atoms with Crippen LogP contribution in [0.2, 0.25) is 0 Å². The minimum atomic E-state index is 0.294. The number of benzene rings is 1. The van der Waals surface area contributed by atoms with E-state index in [1.165, 1.54) is 0 Å². The van der Waals surface area contributed by atoms with Crippen molar-refractivity contribution in [1.82, 2.24) is 10.2 Å². The van der Waals surface area contributed by atoms with E-state index < -0.39 is 0 Å². The maximum absolute atomic E-state index is 9.29. The predicted octanol–water partition coefficient (Wildman–Crippen LogP) is 2.34. The summed E-state index contributed by atoms with van der Waals surface area (Å²) in [5.74, 6) is 0.294. The molecule has 0 unspecified atom stereocenters. The van der Waals surface area contributed by atoms with Gasteiger partial charge in [0.1, 0.15) is 5.75 Å². The summed E-state index contributed by atoms with van der Waals surface area (Å²) < 4.78 is 0. The Kier molecular flexibility index (Phi) is 2.81. The summed E-state index contributed by atoms with van der Waals surface area (Å²) >= 11 is 0. The zero-order chi connectivity index (χ0) is 11.5. The van der Waals surface area contributed by atoms with E-state index in [1.54, 1.807) is 12.1 Å². The Balaban J connectivity index is 2.08. The number of nitrogens with one attached hydrogen (secondary N) is 2. The molecule has 1 aromatic carbocycles. The topological polar surface area (TPSA) is 60.9 Å². The molecule has 0 saturated heterocycles. The van der Waals surface area contributed by atoms with Gasteiger partial charge in [-0.15, -0.1) is 0 Å². The Morgan fingerprint density at radius 3 is 2.81 bits per heavy atom. The molecular formula is C12H15N3O. The van der Waals surface area contributed by atoms with Gasteiger partial charge in [-0.2, -0.15) is 5.10 Å². The number of rotatable bonds is 3. The number of aromatic nitrogens is 2. The number of hydrogen-bond donors (Lipinski definition) is 3. The zero-order valence-electron chi connectivity index (χ0n) is 9.41. The number of anilines is 1. The Bertz CT molecular complexity index is 491. The molecule has 3 N–H and O–H groups in total. The number of phenolic OH excluding ortho intramolecular Hbond substituents is 1. The minimum absolute atomic E-state index is 0.294. The van der Waals surface area contributed by atoms with Gasteiger partial charge >= 0.3 is 0 Å². The predicted molar refractivity (Wildman–Crippen MR) is 63.5 cm³/mol. The second kappa shape index (κ2) is 4.26. The van der Waals surface area contributed by atoms with Crippen molar-refractivity contribution in [1.29, 1.82) is 0 Å². The van der Waals surface area contributed by atoms with Crippen LogP contribution in [0.1, 0.15) is 16.8 Å². The summed E-state index contributed by atoms with van der Waals surface area (Å²) in [6.07, 6.45) is 1.82. The Labute approximate surface area is 94.3 Å². The summed E-state index contributed by atoms with van der Waals surface area (Å²) in [6.45, 7) is 4.69. The maximum atomic E-state index is 9.29. The average Bonchev–Trinajstić information content (AvgIpc) is 2.63. The summed E-state index contributed by atoms with van der Waals surface area (Å²) in [4.78, 5) is 0. The minimum Gasteiger partial charge on any atom is -0.508 e. The number of aromatic hydroxyl groups is 1. The lowest BCUT2D eigenvalue weighted by Gasteiger charge is -2.09. The van der Waals surface area contributed by atoms with Crippen LogP contribution in [0.25, 0.3) is 0 Å². The van der Waals surface area contributed by atoms with Crippen molar-refractivity contribution < 1.29 is 5.11 Å². The second-order valence-electron chi connectivity index (χ2n) is 3.87. The van der Waals surface area contributed by atoms with Gasteiger partial charge in [-0.05, 0) is 37.6 Å². The molecule has 0 fully saturated rings. The van der Waals surface area contributed by atoms with Crippen molar-refractivity contribution >= 4 is 5.69 Å². The van der Waals surface area contributed by atoms with Gasteiger partial charge in [0.05, 0.1) is 6.20 Å². The number of H-pyrrole nitrogens is 1. The molecule has 84 valence electrons. The van der Waals surface area contributed by atoms with Gasteiger partial charge in [0.15, 0.2) is 0 Å². The summed E-state index contributed by atoms with van der Waals surface area (Å²) in [7, 11) is 0. The largest absolute Gasteiger partial charge is 0.508 e. The standard InChI is InChI=1S/C12H15N3O/c1-8-5-11(16)3-4-12(8)13-6-10-7-14-15-9(10)2/h3-5,7,13,16H,6H2,1-2H3,(H,14,15). The fourth-order valence-corrected chi connectivity index (χ4v) is 1.59. The molecule has 0 saturated carbocycles. The first-order valence-electron chi connectivity index (χ1n) is 5.19. The lowest BCUT2D eigenvalue weighted by atomic mass is 10.2. The normalized spacial score (nSPS) is 10.4. The monoisotopic (exact) mass is 217 g/mol. The van der Waals surface area contributed by atoms with Gasteiger partial charge in [-0.3, -0.25) is 5.10 Å². The highest BCUT2D eigenvalue weighted by Gasteiger charge is 2.02. The Hall–Kier alpha value is -1.97. The van der Waals surface area contributed by atoms with E-state index in [0.29, 0.717) is 5.75 Å².